The van der Waals surface area contributed by atoms with Crippen LogP contribution < -0.4 is 5.32 Å². The molecule has 1 aromatic rings. The van der Waals surface area contributed by atoms with Crippen LogP contribution in [-0.2, 0) is 20.8 Å². The first-order valence-electron chi connectivity index (χ1n) is 5.68. The Morgan fingerprint density at radius 3 is 2.65 bits per heavy atom. The summed E-state index contributed by atoms with van der Waals surface area (Å²) >= 11 is 0. The molecule has 0 aliphatic rings. The molecule has 0 amide bonds. The van der Waals surface area contributed by atoms with Gasteiger partial charge in [0.05, 0.1) is 38.7 Å². The van der Waals surface area contributed by atoms with Crippen molar-refractivity contribution in [3.63, 3.8) is 0 Å². The van der Waals surface area contributed by atoms with E-state index in [2.05, 4.69) is 10.5 Å². The molecular weight excluding hydrogens is 224 g/mol. The van der Waals surface area contributed by atoms with Crippen LogP contribution in [0.15, 0.2) is 16.9 Å². The second-order valence-corrected chi connectivity index (χ2v) is 3.39. The van der Waals surface area contributed by atoms with E-state index in [0.717, 1.165) is 12.2 Å². The molecule has 0 aliphatic heterocycles. The van der Waals surface area contributed by atoms with E-state index < -0.39 is 0 Å². The van der Waals surface area contributed by atoms with Gasteiger partial charge in [0, 0.05) is 26.3 Å². The maximum atomic E-state index is 5.36. The lowest BCUT2D eigenvalue weighted by Crippen LogP contribution is -2.20. The fourth-order valence-electron chi connectivity index (χ4n) is 1.15. The molecule has 0 fully saturated rings. The summed E-state index contributed by atoms with van der Waals surface area (Å²) in [6.07, 6.45) is 1.56. The van der Waals surface area contributed by atoms with Gasteiger partial charge in [-0.05, 0) is 0 Å². The van der Waals surface area contributed by atoms with Gasteiger partial charge in [0.25, 0.3) is 0 Å². The second kappa shape index (κ2) is 10.2. The molecule has 0 aliphatic carbocycles. The second-order valence-electron chi connectivity index (χ2n) is 3.39. The van der Waals surface area contributed by atoms with Crippen molar-refractivity contribution in [1.29, 1.82) is 0 Å². The highest BCUT2D eigenvalue weighted by Crippen LogP contribution is 1.91. The molecule has 98 valence electrons. The predicted molar refractivity (Wildman–Crippen MR) is 61.7 cm³/mol. The average molecular weight is 244 g/mol. The summed E-state index contributed by atoms with van der Waals surface area (Å²) in [5, 5.41) is 6.97. The number of nitrogens with zero attached hydrogens (tertiary/aromatic N) is 1. The number of hydrogen-bond donors (Lipinski definition) is 1. The van der Waals surface area contributed by atoms with E-state index in [1.807, 2.05) is 6.07 Å². The molecule has 6 heteroatoms. The number of rotatable bonds is 11. The third kappa shape index (κ3) is 7.87. The Bertz CT molecular complexity index is 254. The van der Waals surface area contributed by atoms with Gasteiger partial charge >= 0.3 is 0 Å². The highest BCUT2D eigenvalue weighted by atomic mass is 16.5. The third-order valence-corrected chi connectivity index (χ3v) is 2.02. The van der Waals surface area contributed by atoms with E-state index in [1.165, 1.54) is 0 Å². The van der Waals surface area contributed by atoms with E-state index in [4.69, 9.17) is 18.7 Å². The molecule has 1 rings (SSSR count). The van der Waals surface area contributed by atoms with Crippen LogP contribution in [0.25, 0.3) is 0 Å². The quantitative estimate of drug-likeness (QED) is 0.570. The topological polar surface area (TPSA) is 65.8 Å². The standard InChI is InChI=1S/C11H20N2O4/c1-14-6-7-16-9-8-15-5-3-12-10-11-2-4-17-13-11/h2,4,12H,3,5-10H2,1H3. The first-order valence-corrected chi connectivity index (χ1v) is 5.68. The molecular formula is C11H20N2O4. The summed E-state index contributed by atoms with van der Waals surface area (Å²) < 4.78 is 20.2. The van der Waals surface area contributed by atoms with Crippen molar-refractivity contribution in [2.24, 2.45) is 0 Å². The Morgan fingerprint density at radius 2 is 1.94 bits per heavy atom. The summed E-state index contributed by atoms with van der Waals surface area (Å²) in [6.45, 7) is 4.59. The summed E-state index contributed by atoms with van der Waals surface area (Å²) in [5.74, 6) is 0. The third-order valence-electron chi connectivity index (χ3n) is 2.02. The first kappa shape index (κ1) is 14.1. The maximum Gasteiger partial charge on any atom is 0.124 e. The maximum absolute atomic E-state index is 5.36. The zero-order valence-electron chi connectivity index (χ0n) is 10.2. The van der Waals surface area contributed by atoms with Crippen LogP contribution in [0.2, 0.25) is 0 Å². The van der Waals surface area contributed by atoms with Crippen molar-refractivity contribution >= 4 is 0 Å². The SMILES string of the molecule is COCCOCCOCCNCc1ccon1. The lowest BCUT2D eigenvalue weighted by atomic mass is 10.4. The van der Waals surface area contributed by atoms with Gasteiger partial charge in [0.2, 0.25) is 0 Å². The van der Waals surface area contributed by atoms with Crippen molar-refractivity contribution in [2.75, 3.05) is 46.7 Å². The van der Waals surface area contributed by atoms with Gasteiger partial charge in [-0.1, -0.05) is 5.16 Å². The zero-order valence-corrected chi connectivity index (χ0v) is 10.2. The van der Waals surface area contributed by atoms with Crippen molar-refractivity contribution < 1.29 is 18.7 Å². The number of aromatic nitrogens is 1. The van der Waals surface area contributed by atoms with Crippen LogP contribution in [-0.4, -0.2) is 51.8 Å². The smallest absolute Gasteiger partial charge is 0.124 e. The Morgan fingerprint density at radius 1 is 1.18 bits per heavy atom. The van der Waals surface area contributed by atoms with Crippen LogP contribution >= 0.6 is 0 Å². The fourth-order valence-corrected chi connectivity index (χ4v) is 1.15. The molecule has 0 unspecified atom stereocenters. The van der Waals surface area contributed by atoms with Gasteiger partial charge in [-0.3, -0.25) is 0 Å². The summed E-state index contributed by atoms with van der Waals surface area (Å²) in [5.41, 5.74) is 0.896. The average Bonchev–Trinajstić information content (AvgIpc) is 2.85. The van der Waals surface area contributed by atoms with Crippen molar-refractivity contribution in [2.45, 2.75) is 6.54 Å². The molecule has 0 saturated heterocycles. The molecule has 0 bridgehead atoms. The minimum absolute atomic E-state index is 0.604. The van der Waals surface area contributed by atoms with E-state index in [0.29, 0.717) is 39.6 Å². The minimum atomic E-state index is 0.604. The molecule has 0 spiro atoms. The van der Waals surface area contributed by atoms with E-state index >= 15 is 0 Å². The first-order chi connectivity index (χ1) is 8.43. The van der Waals surface area contributed by atoms with Gasteiger partial charge in [0.1, 0.15) is 6.26 Å². The van der Waals surface area contributed by atoms with E-state index in [-0.39, 0.29) is 0 Å². The van der Waals surface area contributed by atoms with Crippen LogP contribution in [0.4, 0.5) is 0 Å². The van der Waals surface area contributed by atoms with Gasteiger partial charge in [-0.15, -0.1) is 0 Å². The Hall–Kier alpha value is -0.950. The van der Waals surface area contributed by atoms with Crippen molar-refractivity contribution in [3.8, 4) is 0 Å². The number of hydrogen-bond acceptors (Lipinski definition) is 6. The molecule has 6 nitrogen and oxygen atoms in total. The fraction of sp³-hybridized carbons (Fsp3) is 0.727. The molecule has 0 atom stereocenters. The van der Waals surface area contributed by atoms with Gasteiger partial charge in [-0.2, -0.15) is 0 Å². The van der Waals surface area contributed by atoms with Crippen LogP contribution in [0, 0.1) is 0 Å². The summed E-state index contributed by atoms with van der Waals surface area (Å²) in [7, 11) is 1.65. The zero-order chi connectivity index (χ0) is 12.2. The van der Waals surface area contributed by atoms with Crippen molar-refractivity contribution in [1.82, 2.24) is 10.5 Å². The lowest BCUT2D eigenvalue weighted by Gasteiger charge is -2.05. The van der Waals surface area contributed by atoms with Gasteiger partial charge < -0.3 is 24.1 Å². The highest BCUT2D eigenvalue weighted by Gasteiger charge is 1.95. The van der Waals surface area contributed by atoms with Crippen LogP contribution in [0.1, 0.15) is 5.69 Å². The van der Waals surface area contributed by atoms with Crippen LogP contribution in [0.5, 0.6) is 0 Å². The molecule has 0 aromatic carbocycles. The van der Waals surface area contributed by atoms with Gasteiger partial charge in [0.15, 0.2) is 0 Å². The molecule has 1 N–H and O–H groups in total. The summed E-state index contributed by atoms with van der Waals surface area (Å²) in [6, 6.07) is 1.83. The Balaban J connectivity index is 1.76. The van der Waals surface area contributed by atoms with E-state index in [1.54, 1.807) is 13.4 Å². The van der Waals surface area contributed by atoms with Gasteiger partial charge in [-0.25, -0.2) is 0 Å². The number of methoxy groups -OCH3 is 1. The van der Waals surface area contributed by atoms with Crippen LogP contribution in [0.3, 0.4) is 0 Å². The predicted octanol–water partition coefficient (Wildman–Crippen LogP) is 0.444. The van der Waals surface area contributed by atoms with Crippen molar-refractivity contribution in [3.05, 3.63) is 18.0 Å². The molecule has 17 heavy (non-hydrogen) atoms. The largest absolute Gasteiger partial charge is 0.382 e. The molecule has 1 heterocycles. The lowest BCUT2D eigenvalue weighted by molar-refractivity contribution is 0.0255. The molecule has 0 saturated carbocycles. The number of ether oxygens (including phenoxy) is 3. The van der Waals surface area contributed by atoms with E-state index in [9.17, 15) is 0 Å². The molecule has 1 aromatic heterocycles. The number of nitrogens with one attached hydrogen (secondary N) is 1. The summed E-state index contributed by atoms with van der Waals surface area (Å²) in [4.78, 5) is 0. The Kier molecular flexibility index (Phi) is 8.48. The molecule has 0 radical (unpaired) electrons. The monoisotopic (exact) mass is 244 g/mol. The minimum Gasteiger partial charge on any atom is -0.382 e. The normalized spacial score (nSPS) is 10.9. The highest BCUT2D eigenvalue weighted by molar-refractivity contribution is 4.93. The Labute approximate surface area is 101 Å².